The first kappa shape index (κ1) is 15.1. The largest absolute Gasteiger partial charge is 0.312 e. The average molecular weight is 289 g/mol. The van der Waals surface area contributed by atoms with Crippen LogP contribution in [0.5, 0.6) is 0 Å². The number of benzene rings is 1. The summed E-state index contributed by atoms with van der Waals surface area (Å²) in [5, 5.41) is 7.69. The molecule has 1 N–H and O–H groups in total. The molecule has 0 aliphatic rings. The van der Waals surface area contributed by atoms with Gasteiger partial charge < -0.3 is 5.32 Å². The third-order valence-electron chi connectivity index (χ3n) is 3.10. The molecule has 2 aromatic rings. The Morgan fingerprint density at radius 2 is 2.10 bits per heavy atom. The first-order valence-corrected chi connectivity index (χ1v) is 7.83. The lowest BCUT2D eigenvalue weighted by Gasteiger charge is -2.11. The van der Waals surface area contributed by atoms with Crippen LogP contribution in [-0.4, -0.2) is 16.3 Å². The van der Waals surface area contributed by atoms with Crippen LogP contribution in [0.4, 0.5) is 0 Å². The first-order chi connectivity index (χ1) is 9.54. The Morgan fingerprint density at radius 1 is 1.30 bits per heavy atom. The summed E-state index contributed by atoms with van der Waals surface area (Å²) in [5.74, 6) is 0.690. The fourth-order valence-electron chi connectivity index (χ4n) is 2.01. The van der Waals surface area contributed by atoms with Crippen molar-refractivity contribution in [3.63, 3.8) is 0 Å². The predicted molar refractivity (Wildman–Crippen MR) is 85.1 cm³/mol. The minimum absolute atomic E-state index is 0.690. The van der Waals surface area contributed by atoms with Crippen LogP contribution >= 0.6 is 11.8 Å². The van der Waals surface area contributed by atoms with Crippen molar-refractivity contribution < 1.29 is 0 Å². The molecule has 108 valence electrons. The molecular weight excluding hydrogens is 266 g/mol. The van der Waals surface area contributed by atoms with Crippen LogP contribution in [0.1, 0.15) is 25.0 Å². The third kappa shape index (κ3) is 4.39. The summed E-state index contributed by atoms with van der Waals surface area (Å²) in [7, 11) is 1.94. The molecule has 0 saturated heterocycles. The molecule has 0 aliphatic carbocycles. The van der Waals surface area contributed by atoms with Crippen molar-refractivity contribution in [1.29, 1.82) is 0 Å². The number of nitrogens with one attached hydrogen (secondary N) is 1. The van der Waals surface area contributed by atoms with Crippen LogP contribution in [0, 0.1) is 12.8 Å². The van der Waals surface area contributed by atoms with E-state index in [1.807, 2.05) is 24.1 Å². The Bertz CT molecular complexity index is 561. The van der Waals surface area contributed by atoms with Gasteiger partial charge >= 0.3 is 0 Å². The summed E-state index contributed by atoms with van der Waals surface area (Å²) < 4.78 is 1.83. The highest BCUT2D eigenvalue weighted by Crippen LogP contribution is 2.28. The van der Waals surface area contributed by atoms with Gasteiger partial charge in [0.15, 0.2) is 0 Å². The molecule has 2 rings (SSSR count). The van der Waals surface area contributed by atoms with Crippen molar-refractivity contribution in [3.8, 4) is 0 Å². The summed E-state index contributed by atoms with van der Waals surface area (Å²) in [6, 6.07) is 6.67. The molecule has 3 nitrogen and oxygen atoms in total. The van der Waals surface area contributed by atoms with Gasteiger partial charge in [-0.2, -0.15) is 5.10 Å². The van der Waals surface area contributed by atoms with E-state index in [-0.39, 0.29) is 0 Å². The highest BCUT2D eigenvalue weighted by atomic mass is 32.2. The number of nitrogens with zero attached hydrogens (tertiary/aromatic N) is 2. The minimum atomic E-state index is 0.690. The zero-order chi connectivity index (χ0) is 14.5. The molecule has 0 atom stereocenters. The van der Waals surface area contributed by atoms with Gasteiger partial charge in [-0.15, -0.1) is 0 Å². The summed E-state index contributed by atoms with van der Waals surface area (Å²) in [6.07, 6.45) is 3.94. The Morgan fingerprint density at radius 3 is 2.70 bits per heavy atom. The van der Waals surface area contributed by atoms with Crippen LogP contribution in [0.25, 0.3) is 0 Å². The summed E-state index contributed by atoms with van der Waals surface area (Å²) in [5.41, 5.74) is 2.72. The molecule has 0 radical (unpaired) electrons. The molecule has 0 bridgehead atoms. The van der Waals surface area contributed by atoms with Crippen LogP contribution < -0.4 is 5.32 Å². The summed E-state index contributed by atoms with van der Waals surface area (Å²) in [4.78, 5) is 2.45. The molecule has 0 saturated carbocycles. The fraction of sp³-hybridized carbons (Fsp3) is 0.438. The Kier molecular flexibility index (Phi) is 5.26. The Balaban J connectivity index is 1.98. The number of aryl methyl sites for hydroxylation is 2. The number of aromatic nitrogens is 2. The van der Waals surface area contributed by atoms with E-state index < -0.39 is 0 Å². The molecule has 0 amide bonds. The van der Waals surface area contributed by atoms with E-state index in [1.54, 1.807) is 11.8 Å². The van der Waals surface area contributed by atoms with E-state index >= 15 is 0 Å². The highest BCUT2D eigenvalue weighted by molar-refractivity contribution is 7.99. The normalized spacial score (nSPS) is 11.2. The second-order valence-electron chi connectivity index (χ2n) is 5.56. The summed E-state index contributed by atoms with van der Waals surface area (Å²) in [6.45, 7) is 8.65. The molecular formula is C16H23N3S. The Labute approximate surface area is 125 Å². The quantitative estimate of drug-likeness (QED) is 0.881. The van der Waals surface area contributed by atoms with Gasteiger partial charge in [0, 0.05) is 24.7 Å². The van der Waals surface area contributed by atoms with Gasteiger partial charge in [-0.1, -0.05) is 31.7 Å². The molecule has 0 fully saturated rings. The standard InChI is InChI=1S/C16H23N3S/c1-12(2)8-17-9-14-5-6-15(7-13(14)3)20-16-10-18-19(4)11-16/h5-7,10-12,17H,8-9H2,1-4H3. The molecule has 1 aromatic heterocycles. The zero-order valence-corrected chi connectivity index (χ0v) is 13.5. The van der Waals surface area contributed by atoms with Gasteiger partial charge in [-0.3, -0.25) is 4.68 Å². The van der Waals surface area contributed by atoms with Gasteiger partial charge in [0.2, 0.25) is 0 Å². The molecule has 4 heteroatoms. The fourth-order valence-corrected chi connectivity index (χ4v) is 2.96. The van der Waals surface area contributed by atoms with Crippen LogP contribution in [0.3, 0.4) is 0 Å². The van der Waals surface area contributed by atoms with E-state index in [1.165, 1.54) is 20.9 Å². The smallest absolute Gasteiger partial charge is 0.0629 e. The molecule has 20 heavy (non-hydrogen) atoms. The Hall–Kier alpha value is -1.26. The lowest BCUT2D eigenvalue weighted by molar-refractivity contribution is 0.551. The minimum Gasteiger partial charge on any atom is -0.312 e. The average Bonchev–Trinajstić information content (AvgIpc) is 2.77. The van der Waals surface area contributed by atoms with Gasteiger partial charge in [0.1, 0.15) is 0 Å². The van der Waals surface area contributed by atoms with Crippen molar-refractivity contribution in [1.82, 2.24) is 15.1 Å². The van der Waals surface area contributed by atoms with Gasteiger partial charge in [-0.25, -0.2) is 0 Å². The second kappa shape index (κ2) is 6.95. The predicted octanol–water partition coefficient (Wildman–Crippen LogP) is 3.63. The molecule has 0 unspecified atom stereocenters. The van der Waals surface area contributed by atoms with E-state index in [0.29, 0.717) is 5.92 Å². The van der Waals surface area contributed by atoms with E-state index in [0.717, 1.165) is 13.1 Å². The maximum atomic E-state index is 4.20. The lowest BCUT2D eigenvalue weighted by atomic mass is 10.1. The SMILES string of the molecule is Cc1cc(Sc2cnn(C)c2)ccc1CNCC(C)C. The van der Waals surface area contributed by atoms with Gasteiger partial charge in [0.05, 0.1) is 11.1 Å². The van der Waals surface area contributed by atoms with Crippen molar-refractivity contribution in [2.75, 3.05) is 6.54 Å². The number of hydrogen-bond acceptors (Lipinski definition) is 3. The second-order valence-corrected chi connectivity index (χ2v) is 6.71. The maximum Gasteiger partial charge on any atom is 0.0629 e. The van der Waals surface area contributed by atoms with Gasteiger partial charge in [-0.05, 0) is 42.6 Å². The topological polar surface area (TPSA) is 29.9 Å². The van der Waals surface area contributed by atoms with Crippen molar-refractivity contribution in [3.05, 3.63) is 41.7 Å². The molecule has 1 heterocycles. The van der Waals surface area contributed by atoms with Crippen LogP contribution in [-0.2, 0) is 13.6 Å². The monoisotopic (exact) mass is 289 g/mol. The molecule has 0 aliphatic heterocycles. The van der Waals surface area contributed by atoms with Crippen molar-refractivity contribution in [2.45, 2.75) is 37.1 Å². The van der Waals surface area contributed by atoms with Gasteiger partial charge in [0.25, 0.3) is 0 Å². The van der Waals surface area contributed by atoms with Crippen LogP contribution in [0.15, 0.2) is 40.4 Å². The third-order valence-corrected chi connectivity index (χ3v) is 4.04. The highest BCUT2D eigenvalue weighted by Gasteiger charge is 2.04. The zero-order valence-electron chi connectivity index (χ0n) is 12.7. The van der Waals surface area contributed by atoms with Crippen molar-refractivity contribution in [2.24, 2.45) is 13.0 Å². The van der Waals surface area contributed by atoms with Crippen molar-refractivity contribution >= 4 is 11.8 Å². The lowest BCUT2D eigenvalue weighted by Crippen LogP contribution is -2.19. The van der Waals surface area contributed by atoms with Crippen LogP contribution in [0.2, 0.25) is 0 Å². The number of rotatable bonds is 6. The molecule has 0 spiro atoms. The van der Waals surface area contributed by atoms with E-state index in [4.69, 9.17) is 0 Å². The molecule has 1 aromatic carbocycles. The summed E-state index contributed by atoms with van der Waals surface area (Å²) >= 11 is 1.76. The van der Waals surface area contributed by atoms with E-state index in [2.05, 4.69) is 49.4 Å². The number of hydrogen-bond donors (Lipinski definition) is 1. The van der Waals surface area contributed by atoms with E-state index in [9.17, 15) is 0 Å². The first-order valence-electron chi connectivity index (χ1n) is 7.01. The maximum absolute atomic E-state index is 4.20.